The molecule has 3 heteroatoms. The van der Waals surface area contributed by atoms with E-state index in [2.05, 4.69) is 19.2 Å². The van der Waals surface area contributed by atoms with Crippen molar-refractivity contribution in [2.75, 3.05) is 0 Å². The van der Waals surface area contributed by atoms with Crippen molar-refractivity contribution in [2.24, 2.45) is 0 Å². The van der Waals surface area contributed by atoms with Gasteiger partial charge in [-0.15, -0.1) is 0 Å². The molecular weight excluding hydrogens is 272 g/mol. The molecule has 22 heavy (non-hydrogen) atoms. The van der Waals surface area contributed by atoms with Gasteiger partial charge < -0.3 is 5.32 Å². The van der Waals surface area contributed by atoms with E-state index in [0.29, 0.717) is 5.92 Å². The summed E-state index contributed by atoms with van der Waals surface area (Å²) in [6.45, 7) is 4.28. The normalized spacial score (nSPS) is 16.4. The van der Waals surface area contributed by atoms with Crippen molar-refractivity contribution in [3.63, 3.8) is 0 Å². The summed E-state index contributed by atoms with van der Waals surface area (Å²) in [6, 6.07) is 10.3. The molecule has 0 aliphatic heterocycles. The number of carbonyl (C=O) groups is 1. The number of benzene rings is 1. The third kappa shape index (κ3) is 4.46. The molecule has 1 aliphatic carbocycles. The van der Waals surface area contributed by atoms with Crippen LogP contribution in [0.15, 0.2) is 29.8 Å². The van der Waals surface area contributed by atoms with E-state index in [0.717, 1.165) is 31.2 Å². The average molecular weight is 296 g/mol. The Labute approximate surface area is 133 Å². The van der Waals surface area contributed by atoms with Gasteiger partial charge in [0, 0.05) is 6.04 Å². The highest BCUT2D eigenvalue weighted by atomic mass is 16.1. The maximum atomic E-state index is 12.2. The maximum Gasteiger partial charge on any atom is 0.262 e. The van der Waals surface area contributed by atoms with Crippen LogP contribution in [0.5, 0.6) is 0 Å². The fraction of sp³-hybridized carbons (Fsp3) is 0.474. The molecule has 1 N–H and O–H groups in total. The Bertz CT molecular complexity index is 572. The second-order valence-electron chi connectivity index (χ2n) is 6.30. The maximum absolute atomic E-state index is 12.2. The van der Waals surface area contributed by atoms with Crippen LogP contribution in [0.2, 0.25) is 0 Å². The highest BCUT2D eigenvalue weighted by molar-refractivity contribution is 6.01. The van der Waals surface area contributed by atoms with Crippen LogP contribution >= 0.6 is 0 Å². The molecule has 3 nitrogen and oxygen atoms in total. The van der Waals surface area contributed by atoms with Crippen LogP contribution in [-0.2, 0) is 4.79 Å². The minimum atomic E-state index is -0.248. The molecule has 1 fully saturated rings. The van der Waals surface area contributed by atoms with Gasteiger partial charge in [0.25, 0.3) is 5.91 Å². The van der Waals surface area contributed by atoms with E-state index in [-0.39, 0.29) is 17.5 Å². The SMILES string of the molecule is CC(C)c1ccc(/C=C(/C#N)C(=O)NC2CCCCC2)cc1. The molecule has 0 bridgehead atoms. The molecule has 1 aromatic carbocycles. The first-order valence-electron chi connectivity index (χ1n) is 8.12. The summed E-state index contributed by atoms with van der Waals surface area (Å²) in [5, 5.41) is 12.2. The average Bonchev–Trinajstić information content (AvgIpc) is 2.53. The zero-order valence-electron chi connectivity index (χ0n) is 13.4. The zero-order chi connectivity index (χ0) is 15.9. The lowest BCUT2D eigenvalue weighted by atomic mass is 9.95. The molecule has 0 radical (unpaired) electrons. The van der Waals surface area contributed by atoms with E-state index >= 15 is 0 Å². The van der Waals surface area contributed by atoms with Gasteiger partial charge in [0.15, 0.2) is 0 Å². The number of nitriles is 1. The molecule has 0 saturated heterocycles. The molecule has 1 aromatic rings. The first kappa shape index (κ1) is 16.3. The summed E-state index contributed by atoms with van der Waals surface area (Å²) in [6.07, 6.45) is 7.28. The molecule has 2 rings (SSSR count). The molecule has 0 spiro atoms. The quantitative estimate of drug-likeness (QED) is 0.670. The summed E-state index contributed by atoms with van der Waals surface area (Å²) in [4.78, 5) is 12.2. The molecular formula is C19H24N2O. The second kappa shape index (κ2) is 7.79. The molecule has 1 aliphatic rings. The Hall–Kier alpha value is -2.08. The zero-order valence-corrected chi connectivity index (χ0v) is 13.4. The molecule has 0 atom stereocenters. The van der Waals surface area contributed by atoms with Crippen molar-refractivity contribution in [3.05, 3.63) is 41.0 Å². The van der Waals surface area contributed by atoms with Crippen LogP contribution in [0.25, 0.3) is 6.08 Å². The fourth-order valence-corrected chi connectivity index (χ4v) is 2.80. The number of hydrogen-bond donors (Lipinski definition) is 1. The van der Waals surface area contributed by atoms with E-state index in [4.69, 9.17) is 0 Å². The van der Waals surface area contributed by atoms with Crippen LogP contribution in [0.4, 0.5) is 0 Å². The van der Waals surface area contributed by atoms with Gasteiger partial charge in [-0.25, -0.2) is 0 Å². The summed E-state index contributed by atoms with van der Waals surface area (Å²) >= 11 is 0. The summed E-state index contributed by atoms with van der Waals surface area (Å²) in [7, 11) is 0. The van der Waals surface area contributed by atoms with Gasteiger partial charge in [0.05, 0.1) is 0 Å². The minimum absolute atomic E-state index is 0.183. The lowest BCUT2D eigenvalue weighted by Crippen LogP contribution is -2.36. The summed E-state index contributed by atoms with van der Waals surface area (Å²) in [5.74, 6) is 0.227. The van der Waals surface area contributed by atoms with Gasteiger partial charge in [-0.1, -0.05) is 57.4 Å². The third-order valence-electron chi connectivity index (χ3n) is 4.22. The monoisotopic (exact) mass is 296 g/mol. The van der Waals surface area contributed by atoms with Gasteiger partial charge in [0.1, 0.15) is 11.6 Å². The molecule has 0 heterocycles. The van der Waals surface area contributed by atoms with E-state index in [1.165, 1.54) is 12.0 Å². The highest BCUT2D eigenvalue weighted by Crippen LogP contribution is 2.19. The lowest BCUT2D eigenvalue weighted by molar-refractivity contribution is -0.117. The van der Waals surface area contributed by atoms with Crippen LogP contribution in [0.1, 0.15) is 63.0 Å². The Morgan fingerprint density at radius 1 is 1.23 bits per heavy atom. The van der Waals surface area contributed by atoms with Crippen LogP contribution < -0.4 is 5.32 Å². The standard InChI is InChI=1S/C19H24N2O/c1-14(2)16-10-8-15(9-11-16)12-17(13-20)19(22)21-18-6-4-3-5-7-18/h8-12,14,18H,3-7H2,1-2H3,(H,21,22)/b17-12-. The van der Waals surface area contributed by atoms with Gasteiger partial charge in [0.2, 0.25) is 0 Å². The third-order valence-corrected chi connectivity index (χ3v) is 4.22. The molecule has 0 aromatic heterocycles. The number of nitrogens with one attached hydrogen (secondary N) is 1. The van der Waals surface area contributed by atoms with Crippen LogP contribution in [0, 0.1) is 11.3 Å². The number of rotatable bonds is 4. The van der Waals surface area contributed by atoms with E-state index in [9.17, 15) is 10.1 Å². The number of nitrogens with zero attached hydrogens (tertiary/aromatic N) is 1. The van der Waals surface area contributed by atoms with E-state index in [1.807, 2.05) is 30.3 Å². The summed E-state index contributed by atoms with van der Waals surface area (Å²) < 4.78 is 0. The van der Waals surface area contributed by atoms with Crippen molar-refractivity contribution >= 4 is 12.0 Å². The number of carbonyl (C=O) groups excluding carboxylic acids is 1. The van der Waals surface area contributed by atoms with Gasteiger partial charge in [-0.2, -0.15) is 5.26 Å². The predicted molar refractivity (Wildman–Crippen MR) is 89.1 cm³/mol. The topological polar surface area (TPSA) is 52.9 Å². The van der Waals surface area contributed by atoms with Gasteiger partial charge in [-0.3, -0.25) is 4.79 Å². The first-order valence-corrected chi connectivity index (χ1v) is 8.12. The van der Waals surface area contributed by atoms with Crippen LogP contribution in [-0.4, -0.2) is 11.9 Å². The number of hydrogen-bond acceptors (Lipinski definition) is 2. The summed E-state index contributed by atoms with van der Waals surface area (Å²) in [5.41, 5.74) is 2.32. The van der Waals surface area contributed by atoms with Gasteiger partial charge >= 0.3 is 0 Å². The van der Waals surface area contributed by atoms with E-state index in [1.54, 1.807) is 6.08 Å². The first-order chi connectivity index (χ1) is 10.6. The molecule has 1 saturated carbocycles. The Balaban J connectivity index is 2.06. The Morgan fingerprint density at radius 3 is 2.41 bits per heavy atom. The Morgan fingerprint density at radius 2 is 1.86 bits per heavy atom. The molecule has 1 amide bonds. The largest absolute Gasteiger partial charge is 0.349 e. The van der Waals surface area contributed by atoms with Crippen molar-refractivity contribution in [3.8, 4) is 6.07 Å². The minimum Gasteiger partial charge on any atom is -0.349 e. The van der Waals surface area contributed by atoms with Crippen molar-refractivity contribution in [1.29, 1.82) is 5.26 Å². The van der Waals surface area contributed by atoms with E-state index < -0.39 is 0 Å². The second-order valence-corrected chi connectivity index (χ2v) is 6.30. The smallest absolute Gasteiger partial charge is 0.262 e. The lowest BCUT2D eigenvalue weighted by Gasteiger charge is -2.22. The predicted octanol–water partition coefficient (Wildman–Crippen LogP) is 4.17. The Kier molecular flexibility index (Phi) is 5.77. The van der Waals surface area contributed by atoms with Crippen molar-refractivity contribution in [2.45, 2.75) is 57.9 Å². The fourth-order valence-electron chi connectivity index (χ4n) is 2.80. The number of amides is 1. The molecule has 0 unspecified atom stereocenters. The van der Waals surface area contributed by atoms with Crippen LogP contribution in [0.3, 0.4) is 0 Å². The van der Waals surface area contributed by atoms with Crippen molar-refractivity contribution < 1.29 is 4.79 Å². The highest BCUT2D eigenvalue weighted by Gasteiger charge is 2.18. The molecule has 116 valence electrons. The van der Waals surface area contributed by atoms with Gasteiger partial charge in [-0.05, 0) is 36.0 Å². The van der Waals surface area contributed by atoms with Crippen molar-refractivity contribution in [1.82, 2.24) is 5.32 Å².